The second kappa shape index (κ2) is 9.38. The van der Waals surface area contributed by atoms with Crippen molar-refractivity contribution < 1.29 is 14.3 Å². The third kappa shape index (κ3) is 5.59. The van der Waals surface area contributed by atoms with Gasteiger partial charge >= 0.3 is 0 Å². The van der Waals surface area contributed by atoms with Gasteiger partial charge in [-0.25, -0.2) is 0 Å². The normalized spacial score (nSPS) is 14.2. The maximum atomic E-state index is 12.1. The number of hydrogen-bond acceptors (Lipinski definition) is 4. The lowest BCUT2D eigenvalue weighted by Gasteiger charge is -2.14. The fourth-order valence-electron chi connectivity index (χ4n) is 3.02. The minimum Gasteiger partial charge on any atom is -0.490 e. The maximum absolute atomic E-state index is 12.1. The van der Waals surface area contributed by atoms with E-state index in [0.29, 0.717) is 30.4 Å². The first-order valence-electron chi connectivity index (χ1n) is 9.09. The summed E-state index contributed by atoms with van der Waals surface area (Å²) < 4.78 is 5.96. The molecule has 0 spiro atoms. The molecule has 1 aromatic carbocycles. The van der Waals surface area contributed by atoms with E-state index in [1.165, 1.54) is 24.2 Å². The van der Waals surface area contributed by atoms with Gasteiger partial charge in [0.2, 0.25) is 5.91 Å². The van der Waals surface area contributed by atoms with Gasteiger partial charge in [0.1, 0.15) is 5.75 Å². The molecule has 2 amide bonds. The Hall–Kier alpha value is -2.34. The number of amides is 2. The molecule has 138 valence electrons. The van der Waals surface area contributed by atoms with E-state index in [1.807, 2.05) is 35.7 Å². The zero-order valence-electron chi connectivity index (χ0n) is 14.7. The Morgan fingerprint density at radius 1 is 1.15 bits per heavy atom. The molecule has 1 saturated carbocycles. The summed E-state index contributed by atoms with van der Waals surface area (Å²) in [4.78, 5) is 24.6. The molecule has 1 fully saturated rings. The molecular weight excluding hydrogens is 348 g/mol. The molecule has 26 heavy (non-hydrogen) atoms. The number of hydrogen-bond donors (Lipinski definition) is 2. The van der Waals surface area contributed by atoms with Crippen LogP contribution in [0.2, 0.25) is 0 Å². The number of anilines is 1. The first kappa shape index (κ1) is 18.5. The maximum Gasteiger partial charge on any atom is 0.261 e. The van der Waals surface area contributed by atoms with E-state index < -0.39 is 0 Å². The number of nitrogens with one attached hydrogen (secondary N) is 2. The van der Waals surface area contributed by atoms with Crippen molar-refractivity contribution in [3.05, 3.63) is 46.7 Å². The fourth-order valence-corrected chi connectivity index (χ4v) is 3.66. The first-order valence-corrected chi connectivity index (χ1v) is 9.97. The van der Waals surface area contributed by atoms with Gasteiger partial charge in [-0.1, -0.05) is 12.1 Å². The highest BCUT2D eigenvalue weighted by atomic mass is 32.1. The molecule has 1 aliphatic rings. The first-order chi connectivity index (χ1) is 12.7. The number of benzene rings is 1. The van der Waals surface area contributed by atoms with Crippen molar-refractivity contribution in [3.8, 4) is 5.75 Å². The smallest absolute Gasteiger partial charge is 0.261 e. The Kier molecular flexibility index (Phi) is 6.66. The third-order valence-corrected chi connectivity index (χ3v) is 5.20. The predicted molar refractivity (Wildman–Crippen MR) is 104 cm³/mol. The van der Waals surface area contributed by atoms with Crippen LogP contribution in [0.15, 0.2) is 41.8 Å². The summed E-state index contributed by atoms with van der Waals surface area (Å²) in [5.41, 5.74) is 0.744. The molecule has 1 aromatic heterocycles. The van der Waals surface area contributed by atoms with Crippen LogP contribution in [0.1, 0.15) is 48.2 Å². The van der Waals surface area contributed by atoms with E-state index in [1.54, 1.807) is 6.07 Å². The average Bonchev–Trinajstić information content (AvgIpc) is 3.32. The molecule has 2 N–H and O–H groups in total. The van der Waals surface area contributed by atoms with Gasteiger partial charge in [-0.2, -0.15) is 0 Å². The van der Waals surface area contributed by atoms with E-state index in [2.05, 4.69) is 10.6 Å². The molecule has 0 aliphatic heterocycles. The Morgan fingerprint density at radius 3 is 2.77 bits per heavy atom. The van der Waals surface area contributed by atoms with Crippen molar-refractivity contribution in [3.63, 3.8) is 0 Å². The molecular formula is C20H24N2O3S. The van der Waals surface area contributed by atoms with Crippen LogP contribution in [0.25, 0.3) is 0 Å². The van der Waals surface area contributed by atoms with E-state index in [0.717, 1.165) is 24.3 Å². The predicted octanol–water partition coefficient (Wildman–Crippen LogP) is 4.22. The number of carbonyl (C=O) groups is 2. The molecule has 1 heterocycles. The number of carbonyl (C=O) groups excluding carboxylic acids is 2. The van der Waals surface area contributed by atoms with Crippen molar-refractivity contribution in [2.45, 2.75) is 44.6 Å². The van der Waals surface area contributed by atoms with Crippen LogP contribution in [0.4, 0.5) is 5.69 Å². The number of thiophene rings is 1. The molecule has 0 unspecified atom stereocenters. The summed E-state index contributed by atoms with van der Waals surface area (Å²) in [7, 11) is 0. The minimum absolute atomic E-state index is 0.0617. The lowest BCUT2D eigenvalue weighted by molar-refractivity contribution is -0.116. The summed E-state index contributed by atoms with van der Waals surface area (Å²) in [6.45, 7) is 0.481. The van der Waals surface area contributed by atoms with E-state index in [4.69, 9.17) is 4.74 Å². The zero-order chi connectivity index (χ0) is 18.2. The van der Waals surface area contributed by atoms with Crippen LogP contribution in [-0.2, 0) is 4.79 Å². The molecule has 1 aliphatic carbocycles. The molecule has 6 heteroatoms. The van der Waals surface area contributed by atoms with E-state index >= 15 is 0 Å². The third-order valence-electron chi connectivity index (χ3n) is 4.33. The SMILES string of the molecule is O=C(CCCNC(=O)c1cccs1)Nc1cccc(OC2CCCC2)c1. The average molecular weight is 372 g/mol. The lowest BCUT2D eigenvalue weighted by Crippen LogP contribution is -2.24. The molecule has 3 rings (SSSR count). The Bertz CT molecular complexity index is 724. The van der Waals surface area contributed by atoms with Crippen molar-refractivity contribution in [2.24, 2.45) is 0 Å². The molecule has 0 saturated heterocycles. The van der Waals surface area contributed by atoms with Gasteiger partial charge in [-0.05, 0) is 55.7 Å². The molecule has 5 nitrogen and oxygen atoms in total. The molecule has 0 atom stereocenters. The summed E-state index contributed by atoms with van der Waals surface area (Å²) in [5, 5.41) is 7.59. The van der Waals surface area contributed by atoms with Crippen molar-refractivity contribution >= 4 is 28.8 Å². The molecule has 0 radical (unpaired) electrons. The van der Waals surface area contributed by atoms with Crippen LogP contribution in [0.5, 0.6) is 5.75 Å². The lowest BCUT2D eigenvalue weighted by atomic mass is 10.2. The molecule has 2 aromatic rings. The van der Waals surface area contributed by atoms with E-state index in [-0.39, 0.29) is 11.8 Å². The van der Waals surface area contributed by atoms with Crippen molar-refractivity contribution in [1.29, 1.82) is 0 Å². The van der Waals surface area contributed by atoms with Gasteiger partial charge in [-0.15, -0.1) is 11.3 Å². The van der Waals surface area contributed by atoms with Crippen LogP contribution in [0.3, 0.4) is 0 Å². The standard InChI is InChI=1S/C20H24N2O3S/c23-19(11-4-12-21-20(24)18-10-5-13-26-18)22-15-6-3-9-17(14-15)25-16-7-1-2-8-16/h3,5-6,9-10,13-14,16H,1-2,4,7-8,11-12H2,(H,21,24)(H,22,23). The monoisotopic (exact) mass is 372 g/mol. The van der Waals surface area contributed by atoms with Gasteiger partial charge in [0.25, 0.3) is 5.91 Å². The van der Waals surface area contributed by atoms with Crippen molar-refractivity contribution in [1.82, 2.24) is 5.32 Å². The zero-order valence-corrected chi connectivity index (χ0v) is 15.5. The fraction of sp³-hybridized carbons (Fsp3) is 0.400. The summed E-state index contributed by atoms with van der Waals surface area (Å²) in [6, 6.07) is 11.2. The van der Waals surface area contributed by atoms with Gasteiger partial charge in [0, 0.05) is 24.7 Å². The highest BCUT2D eigenvalue weighted by molar-refractivity contribution is 7.12. The Balaban J connectivity index is 1.38. The van der Waals surface area contributed by atoms with Crippen LogP contribution < -0.4 is 15.4 Å². The summed E-state index contributed by atoms with van der Waals surface area (Å²) in [5.74, 6) is 0.656. The highest BCUT2D eigenvalue weighted by Crippen LogP contribution is 2.25. The van der Waals surface area contributed by atoms with Crippen LogP contribution in [0, 0.1) is 0 Å². The van der Waals surface area contributed by atoms with Crippen molar-refractivity contribution in [2.75, 3.05) is 11.9 Å². The summed E-state index contributed by atoms with van der Waals surface area (Å²) >= 11 is 1.41. The van der Waals surface area contributed by atoms with Gasteiger partial charge in [0.15, 0.2) is 0 Å². The van der Waals surface area contributed by atoms with Crippen LogP contribution >= 0.6 is 11.3 Å². The topological polar surface area (TPSA) is 67.4 Å². The molecule has 0 bridgehead atoms. The quantitative estimate of drug-likeness (QED) is 0.682. The summed E-state index contributed by atoms with van der Waals surface area (Å²) in [6.07, 6.45) is 5.92. The Labute approximate surface area is 157 Å². The van der Waals surface area contributed by atoms with Crippen LogP contribution in [-0.4, -0.2) is 24.5 Å². The van der Waals surface area contributed by atoms with E-state index in [9.17, 15) is 9.59 Å². The largest absolute Gasteiger partial charge is 0.490 e. The minimum atomic E-state index is -0.0860. The second-order valence-corrected chi connectivity index (χ2v) is 7.38. The highest BCUT2D eigenvalue weighted by Gasteiger charge is 2.16. The second-order valence-electron chi connectivity index (χ2n) is 6.44. The van der Waals surface area contributed by atoms with Gasteiger partial charge in [0.05, 0.1) is 11.0 Å². The van der Waals surface area contributed by atoms with Gasteiger partial charge < -0.3 is 15.4 Å². The number of rotatable bonds is 8. The van der Waals surface area contributed by atoms with Gasteiger partial charge in [-0.3, -0.25) is 9.59 Å². The number of ether oxygens (including phenoxy) is 1. The Morgan fingerprint density at radius 2 is 2.00 bits per heavy atom.